The maximum Gasteiger partial charge on any atom is 0.0744 e. The van der Waals surface area contributed by atoms with Crippen molar-refractivity contribution < 1.29 is 14.6 Å². The molecule has 0 saturated heterocycles. The largest absolute Gasteiger partial charge is 0.209 e. The predicted octanol–water partition coefficient (Wildman–Crippen LogP) is 0.719. The van der Waals surface area contributed by atoms with Gasteiger partial charge in [0.25, 0.3) is 0 Å². The highest BCUT2D eigenvalue weighted by atomic mass is 31.1. The first-order chi connectivity index (χ1) is 2.91. The van der Waals surface area contributed by atoms with Crippen LogP contribution in [0, 0.1) is 0 Å². The van der Waals surface area contributed by atoms with E-state index in [2.05, 4.69) is 14.6 Å². The fourth-order valence-electron chi connectivity index (χ4n) is 0.0680. The average Bonchev–Trinajstić information content (AvgIpc) is 1.61. The Bertz CT molecular complexity index is 20.8. The molecule has 0 aromatic rings. The molecule has 3 nitrogen and oxygen atoms in total. The average molecular weight is 110 g/mol. The van der Waals surface area contributed by atoms with Crippen LogP contribution in [0.4, 0.5) is 0 Å². The van der Waals surface area contributed by atoms with Crippen molar-refractivity contribution in [3.8, 4) is 0 Å². The summed E-state index contributed by atoms with van der Waals surface area (Å²) in [6.07, 6.45) is 0. The van der Waals surface area contributed by atoms with Crippen LogP contribution < -0.4 is 0 Å². The van der Waals surface area contributed by atoms with Crippen molar-refractivity contribution in [3.05, 3.63) is 0 Å². The summed E-state index contributed by atoms with van der Waals surface area (Å²) in [5, 5.41) is 3.99. The first-order valence-electron chi connectivity index (χ1n) is 1.45. The Morgan fingerprint density at radius 2 is 2.17 bits per heavy atom. The van der Waals surface area contributed by atoms with Crippen LogP contribution in [0.1, 0.15) is 0 Å². The molecular formula is C2H7O3P. The monoisotopic (exact) mass is 110 g/mol. The van der Waals surface area contributed by atoms with Crippen LogP contribution in [0.2, 0.25) is 0 Å². The lowest BCUT2D eigenvalue weighted by molar-refractivity contribution is -0.450. The topological polar surface area (TPSA) is 27.7 Å². The standard InChI is InChI=1S/C2H7O3P/c1-3-4-5-6-2/h6H,1-2H3. The third kappa shape index (κ3) is 4.31. The first-order valence-corrected chi connectivity index (χ1v) is 2.85. The van der Waals surface area contributed by atoms with Gasteiger partial charge in [0.05, 0.1) is 15.9 Å². The van der Waals surface area contributed by atoms with E-state index in [0.29, 0.717) is 8.81 Å². The van der Waals surface area contributed by atoms with Crippen LogP contribution in [0.3, 0.4) is 0 Å². The summed E-state index contributed by atoms with van der Waals surface area (Å²) in [4.78, 5) is 4.07. The van der Waals surface area contributed by atoms with Gasteiger partial charge in [-0.25, -0.2) is 4.89 Å². The van der Waals surface area contributed by atoms with Gasteiger partial charge in [0.2, 0.25) is 0 Å². The summed E-state index contributed by atoms with van der Waals surface area (Å²) in [6.45, 7) is 1.83. The van der Waals surface area contributed by atoms with Gasteiger partial charge in [0, 0.05) is 0 Å². The van der Waals surface area contributed by atoms with Crippen molar-refractivity contribution in [1.29, 1.82) is 0 Å². The van der Waals surface area contributed by atoms with E-state index in [1.165, 1.54) is 7.11 Å². The normalized spacial score (nSPS) is 11.0. The molecule has 0 N–H and O–H groups in total. The van der Waals surface area contributed by atoms with Crippen molar-refractivity contribution in [2.75, 3.05) is 13.8 Å². The second-order valence-corrected chi connectivity index (χ2v) is 1.10. The van der Waals surface area contributed by atoms with Gasteiger partial charge in [0.1, 0.15) is 0 Å². The van der Waals surface area contributed by atoms with Crippen molar-refractivity contribution >= 4 is 8.81 Å². The Morgan fingerprint density at radius 1 is 1.50 bits per heavy atom. The molecule has 6 heavy (non-hydrogen) atoms. The molecule has 0 fully saturated rings. The van der Waals surface area contributed by atoms with Gasteiger partial charge in [0.15, 0.2) is 0 Å². The highest BCUT2D eigenvalue weighted by molar-refractivity contribution is 7.30. The highest BCUT2D eigenvalue weighted by Gasteiger charge is 1.72. The van der Waals surface area contributed by atoms with Gasteiger partial charge in [-0.3, -0.25) is 0 Å². The second-order valence-electron chi connectivity index (χ2n) is 0.522. The maximum atomic E-state index is 4.29. The molecule has 4 heteroatoms. The molecular weight excluding hydrogens is 103 g/mol. The molecule has 0 saturated carbocycles. The Morgan fingerprint density at radius 3 is 2.33 bits per heavy atom. The van der Waals surface area contributed by atoms with Crippen molar-refractivity contribution in [3.63, 3.8) is 0 Å². The van der Waals surface area contributed by atoms with Crippen LogP contribution in [-0.2, 0) is 14.6 Å². The summed E-state index contributed by atoms with van der Waals surface area (Å²) in [7, 11) is 1.71. The summed E-state index contributed by atoms with van der Waals surface area (Å²) < 4.78 is 4.29. The first kappa shape index (κ1) is 6.31. The Labute approximate surface area is 38.3 Å². The van der Waals surface area contributed by atoms with E-state index in [4.69, 9.17) is 0 Å². The van der Waals surface area contributed by atoms with Crippen LogP contribution in [-0.4, -0.2) is 13.8 Å². The van der Waals surface area contributed by atoms with Gasteiger partial charge in [-0.05, 0) is 6.66 Å². The Hall–Kier alpha value is 0.310. The molecule has 1 atom stereocenters. The van der Waals surface area contributed by atoms with Crippen LogP contribution in [0.5, 0.6) is 0 Å². The predicted molar refractivity (Wildman–Crippen MR) is 23.4 cm³/mol. The van der Waals surface area contributed by atoms with Gasteiger partial charge < -0.3 is 0 Å². The van der Waals surface area contributed by atoms with Gasteiger partial charge in [-0.2, -0.15) is 4.67 Å². The smallest absolute Gasteiger partial charge is 0.0744 e. The molecule has 0 aliphatic carbocycles. The fraction of sp³-hybridized carbons (Fsp3) is 1.00. The molecule has 0 aliphatic rings. The Kier molecular flexibility index (Phi) is 5.58. The summed E-state index contributed by atoms with van der Waals surface area (Å²) >= 11 is 0. The zero-order chi connectivity index (χ0) is 4.83. The molecule has 0 amide bonds. The van der Waals surface area contributed by atoms with E-state index >= 15 is 0 Å². The SMILES string of the molecule is COOOPC. The minimum atomic E-state index is 0.317. The zero-order valence-corrected chi connectivity index (χ0v) is 4.72. The second kappa shape index (κ2) is 5.31. The molecule has 0 aliphatic heterocycles. The zero-order valence-electron chi connectivity index (χ0n) is 3.72. The molecule has 0 aromatic heterocycles. The molecule has 0 spiro atoms. The number of hydrogen-bond donors (Lipinski definition) is 0. The third-order valence-corrected chi connectivity index (χ3v) is 0.420. The van der Waals surface area contributed by atoms with Crippen molar-refractivity contribution in [2.45, 2.75) is 0 Å². The summed E-state index contributed by atoms with van der Waals surface area (Å²) in [5.41, 5.74) is 0. The minimum absolute atomic E-state index is 0.317. The van der Waals surface area contributed by atoms with E-state index in [9.17, 15) is 0 Å². The quantitative estimate of drug-likeness (QED) is 0.232. The van der Waals surface area contributed by atoms with Crippen LogP contribution in [0.25, 0.3) is 0 Å². The van der Waals surface area contributed by atoms with Crippen LogP contribution in [0.15, 0.2) is 0 Å². The maximum absolute atomic E-state index is 4.29. The molecule has 0 aromatic carbocycles. The third-order valence-electron chi connectivity index (χ3n) is 0.185. The fourth-order valence-corrected chi connectivity index (χ4v) is 0.204. The van der Waals surface area contributed by atoms with Gasteiger partial charge in [-0.1, -0.05) is 5.04 Å². The molecule has 0 bridgehead atoms. The van der Waals surface area contributed by atoms with E-state index in [0.717, 1.165) is 0 Å². The lowest BCUT2D eigenvalue weighted by atomic mass is 11.8. The van der Waals surface area contributed by atoms with E-state index in [-0.39, 0.29) is 0 Å². The molecule has 0 radical (unpaired) electrons. The Balaban J connectivity index is 2.34. The minimum Gasteiger partial charge on any atom is -0.209 e. The molecule has 0 heterocycles. The lowest BCUT2D eigenvalue weighted by Crippen LogP contribution is -1.79. The molecule has 38 valence electrons. The van der Waals surface area contributed by atoms with E-state index in [1.54, 1.807) is 0 Å². The van der Waals surface area contributed by atoms with Gasteiger partial charge in [-0.15, -0.1) is 0 Å². The van der Waals surface area contributed by atoms with Gasteiger partial charge >= 0.3 is 0 Å². The van der Waals surface area contributed by atoms with E-state index in [1.807, 2.05) is 6.66 Å². The van der Waals surface area contributed by atoms with Crippen molar-refractivity contribution in [1.82, 2.24) is 0 Å². The molecule has 0 rings (SSSR count). The molecule has 1 unspecified atom stereocenters. The number of hydrogen-bond acceptors (Lipinski definition) is 3. The lowest BCUT2D eigenvalue weighted by Gasteiger charge is -1.90. The highest BCUT2D eigenvalue weighted by Crippen LogP contribution is 2.02. The van der Waals surface area contributed by atoms with Crippen molar-refractivity contribution in [2.24, 2.45) is 0 Å². The van der Waals surface area contributed by atoms with E-state index < -0.39 is 0 Å². The summed E-state index contributed by atoms with van der Waals surface area (Å²) in [5.74, 6) is 0. The number of rotatable bonds is 3. The summed E-state index contributed by atoms with van der Waals surface area (Å²) in [6, 6.07) is 0. The van der Waals surface area contributed by atoms with Crippen LogP contribution >= 0.6 is 8.81 Å².